The second kappa shape index (κ2) is 8.65. The number of benzene rings is 2. The summed E-state index contributed by atoms with van der Waals surface area (Å²) in [7, 11) is -4.06. The average Bonchev–Trinajstić information content (AvgIpc) is 2.67. The maximum absolute atomic E-state index is 12.3. The van der Waals surface area contributed by atoms with Crippen molar-refractivity contribution < 1.29 is 22.1 Å². The van der Waals surface area contributed by atoms with Crippen molar-refractivity contribution in [1.29, 1.82) is 5.26 Å². The number of hydrogen-bond acceptors (Lipinski definition) is 6. The summed E-state index contributed by atoms with van der Waals surface area (Å²) >= 11 is 0. The van der Waals surface area contributed by atoms with Crippen LogP contribution in [0.5, 0.6) is 5.75 Å². The topological polar surface area (TPSA) is 97.8 Å². The highest BCUT2D eigenvalue weighted by atomic mass is 32.2. The van der Waals surface area contributed by atoms with Crippen LogP contribution in [0.25, 0.3) is 10.9 Å². The van der Waals surface area contributed by atoms with E-state index in [4.69, 9.17) is 20.8 Å². The fourth-order valence-corrected chi connectivity index (χ4v) is 2.92. The summed E-state index contributed by atoms with van der Waals surface area (Å²) in [4.78, 5) is 14.7. The molecule has 0 spiro atoms. The van der Waals surface area contributed by atoms with Crippen molar-refractivity contribution in [3.05, 3.63) is 71.1 Å². The molecule has 0 amide bonds. The molecule has 7 nitrogen and oxygen atoms in total. The highest BCUT2D eigenvalue weighted by Crippen LogP contribution is 2.22. The molecule has 2 aromatic rings. The van der Waals surface area contributed by atoms with Crippen LogP contribution in [-0.2, 0) is 19.6 Å². The molecule has 0 N–H and O–H groups in total. The first-order chi connectivity index (χ1) is 12.9. The second-order valence-electron chi connectivity index (χ2n) is 5.10. The summed E-state index contributed by atoms with van der Waals surface area (Å²) in [5.74, 6) is -0.664. The zero-order chi connectivity index (χ0) is 19.9. The van der Waals surface area contributed by atoms with Gasteiger partial charge in [0.1, 0.15) is 22.3 Å². The van der Waals surface area contributed by atoms with E-state index in [0.717, 1.165) is 0 Å². The Morgan fingerprint density at radius 2 is 1.81 bits per heavy atom. The molecule has 0 aliphatic rings. The summed E-state index contributed by atoms with van der Waals surface area (Å²) in [5.41, 5.74) is 0.634. The quantitative estimate of drug-likeness (QED) is 0.249. The van der Waals surface area contributed by atoms with E-state index in [2.05, 4.69) is 4.85 Å². The number of carbonyl (C=O) groups excluding carboxylic acids is 1. The van der Waals surface area contributed by atoms with Crippen LogP contribution in [0.2, 0.25) is 0 Å². The third-order valence-electron chi connectivity index (χ3n) is 3.27. The molecule has 27 heavy (non-hydrogen) atoms. The molecule has 0 fully saturated rings. The molecule has 0 unspecified atom stereocenters. The van der Waals surface area contributed by atoms with Crippen molar-refractivity contribution in [2.75, 3.05) is 6.61 Å². The molecule has 0 aromatic heterocycles. The van der Waals surface area contributed by atoms with Crippen LogP contribution in [0, 0.1) is 17.9 Å². The molecule has 0 bridgehead atoms. The molecule has 0 atom stereocenters. The van der Waals surface area contributed by atoms with E-state index in [1.54, 1.807) is 13.0 Å². The Hall–Kier alpha value is -3.62. The van der Waals surface area contributed by atoms with Crippen LogP contribution in [0.3, 0.4) is 0 Å². The molecule has 2 rings (SSSR count). The predicted octanol–water partition coefficient (Wildman–Crippen LogP) is 3.48. The van der Waals surface area contributed by atoms with E-state index in [1.165, 1.54) is 54.6 Å². The van der Waals surface area contributed by atoms with Gasteiger partial charge in [0.15, 0.2) is 5.69 Å². The lowest BCUT2D eigenvalue weighted by Gasteiger charge is -2.07. The number of nitriles is 1. The van der Waals surface area contributed by atoms with Crippen LogP contribution in [-0.4, -0.2) is 21.0 Å². The Kier molecular flexibility index (Phi) is 6.32. The van der Waals surface area contributed by atoms with Gasteiger partial charge in [0.2, 0.25) is 0 Å². The lowest BCUT2D eigenvalue weighted by molar-refractivity contribution is -0.137. The first kappa shape index (κ1) is 19.7. The van der Waals surface area contributed by atoms with Gasteiger partial charge >= 0.3 is 16.1 Å². The van der Waals surface area contributed by atoms with Crippen molar-refractivity contribution in [2.24, 2.45) is 0 Å². The number of ether oxygens (including phenoxy) is 1. The van der Waals surface area contributed by atoms with Gasteiger partial charge in [-0.05, 0) is 42.8 Å². The Morgan fingerprint density at radius 1 is 1.19 bits per heavy atom. The van der Waals surface area contributed by atoms with Crippen LogP contribution in [0.15, 0.2) is 59.0 Å². The lowest BCUT2D eigenvalue weighted by atomic mass is 10.1. The highest BCUT2D eigenvalue weighted by molar-refractivity contribution is 7.87. The highest BCUT2D eigenvalue weighted by Gasteiger charge is 2.17. The van der Waals surface area contributed by atoms with Gasteiger partial charge in [0.25, 0.3) is 0 Å². The van der Waals surface area contributed by atoms with E-state index < -0.39 is 16.1 Å². The summed E-state index contributed by atoms with van der Waals surface area (Å²) in [6.45, 7) is 8.64. The summed E-state index contributed by atoms with van der Waals surface area (Å²) in [6.07, 6.45) is 1.30. The average molecular weight is 382 g/mol. The Bertz CT molecular complexity index is 1040. The number of hydrogen-bond donors (Lipinski definition) is 0. The monoisotopic (exact) mass is 382 g/mol. The SMILES string of the molecule is [C-]#[N+]c1ccc(OS(=O)(=O)c2ccc(/C=C(\C#N)C(=O)OCC)cc2)cc1. The smallest absolute Gasteiger partial charge is 0.348 e. The molecule has 0 aliphatic heterocycles. The maximum Gasteiger partial charge on any atom is 0.348 e. The van der Waals surface area contributed by atoms with Crippen molar-refractivity contribution >= 4 is 27.9 Å². The van der Waals surface area contributed by atoms with Crippen molar-refractivity contribution in [2.45, 2.75) is 11.8 Å². The van der Waals surface area contributed by atoms with Crippen LogP contribution >= 0.6 is 0 Å². The maximum atomic E-state index is 12.3. The summed E-state index contributed by atoms with van der Waals surface area (Å²) in [6, 6.07) is 12.9. The van der Waals surface area contributed by atoms with E-state index in [1.807, 2.05) is 0 Å². The van der Waals surface area contributed by atoms with Crippen molar-refractivity contribution in [3.8, 4) is 11.8 Å². The molecule has 0 saturated heterocycles. The van der Waals surface area contributed by atoms with Crippen molar-refractivity contribution in [1.82, 2.24) is 0 Å². The van der Waals surface area contributed by atoms with Gasteiger partial charge in [-0.25, -0.2) is 9.64 Å². The largest absolute Gasteiger partial charge is 0.462 e. The molecule has 0 aliphatic carbocycles. The van der Waals surface area contributed by atoms with E-state index in [9.17, 15) is 13.2 Å². The number of nitrogens with zero attached hydrogens (tertiary/aromatic N) is 2. The van der Waals surface area contributed by atoms with Gasteiger partial charge in [-0.15, -0.1) is 0 Å². The van der Waals surface area contributed by atoms with Crippen LogP contribution in [0.4, 0.5) is 5.69 Å². The van der Waals surface area contributed by atoms with Gasteiger partial charge in [0.05, 0.1) is 13.2 Å². The standard InChI is InChI=1S/C19H14N2O5S/c1-3-25-19(22)15(13-20)12-14-4-10-18(11-5-14)27(23,24)26-17-8-6-16(21-2)7-9-17/h4-12H,3H2,1H3/b15-12+. The van der Waals surface area contributed by atoms with E-state index >= 15 is 0 Å². The summed E-state index contributed by atoms with van der Waals surface area (Å²) < 4.78 is 34.4. The van der Waals surface area contributed by atoms with E-state index in [0.29, 0.717) is 11.3 Å². The zero-order valence-electron chi connectivity index (χ0n) is 14.2. The number of carbonyl (C=O) groups is 1. The lowest BCUT2D eigenvalue weighted by Crippen LogP contribution is -2.09. The first-order valence-corrected chi connectivity index (χ1v) is 9.11. The molecule has 2 aromatic carbocycles. The Balaban J connectivity index is 2.21. The zero-order valence-corrected chi connectivity index (χ0v) is 15.1. The van der Waals surface area contributed by atoms with Gasteiger partial charge in [-0.1, -0.05) is 24.3 Å². The minimum Gasteiger partial charge on any atom is -0.462 e. The normalized spacial score (nSPS) is 11.1. The molecular weight excluding hydrogens is 368 g/mol. The fourth-order valence-electron chi connectivity index (χ4n) is 1.99. The van der Waals surface area contributed by atoms with Gasteiger partial charge in [-0.3, -0.25) is 0 Å². The van der Waals surface area contributed by atoms with E-state index in [-0.39, 0.29) is 22.8 Å². The minimum absolute atomic E-state index is 0.0838. The molecule has 8 heteroatoms. The second-order valence-corrected chi connectivity index (χ2v) is 6.65. The fraction of sp³-hybridized carbons (Fsp3) is 0.105. The first-order valence-electron chi connectivity index (χ1n) is 7.70. The Morgan fingerprint density at radius 3 is 2.33 bits per heavy atom. The number of rotatable bonds is 6. The van der Waals surface area contributed by atoms with Crippen molar-refractivity contribution in [3.63, 3.8) is 0 Å². The predicted molar refractivity (Wildman–Crippen MR) is 97.2 cm³/mol. The molecule has 0 radical (unpaired) electrons. The Labute approximate surface area is 157 Å². The third kappa shape index (κ3) is 5.18. The minimum atomic E-state index is -4.06. The van der Waals surface area contributed by atoms with Gasteiger partial charge < -0.3 is 8.92 Å². The summed E-state index contributed by atoms with van der Waals surface area (Å²) in [5, 5.41) is 9.02. The van der Waals surface area contributed by atoms with Gasteiger partial charge in [-0.2, -0.15) is 13.7 Å². The molecule has 0 saturated carbocycles. The third-order valence-corrected chi connectivity index (χ3v) is 4.53. The van der Waals surface area contributed by atoms with Crippen LogP contribution in [0.1, 0.15) is 12.5 Å². The molecular formula is C19H14N2O5S. The number of esters is 1. The van der Waals surface area contributed by atoms with Crippen LogP contribution < -0.4 is 4.18 Å². The van der Waals surface area contributed by atoms with Gasteiger partial charge in [0, 0.05) is 0 Å². The molecule has 136 valence electrons. The molecule has 0 heterocycles.